The number of aromatic nitrogens is 3. The summed E-state index contributed by atoms with van der Waals surface area (Å²) in [6, 6.07) is 9.39. The molecule has 27 heavy (non-hydrogen) atoms. The molecule has 0 aliphatic heterocycles. The van der Waals surface area contributed by atoms with Crippen molar-refractivity contribution in [2.45, 2.75) is 0 Å². The molecule has 0 aliphatic rings. The smallest absolute Gasteiger partial charge is 0.259 e. The Labute approximate surface area is 155 Å². The van der Waals surface area contributed by atoms with Crippen LogP contribution in [0.1, 0.15) is 10.4 Å². The van der Waals surface area contributed by atoms with Crippen molar-refractivity contribution >= 4 is 22.9 Å². The molecule has 1 amide bonds. The van der Waals surface area contributed by atoms with Crippen molar-refractivity contribution in [3.8, 4) is 22.2 Å². The SMILES string of the molecule is O=C(Nc1cc(-c2nnc(-c3cncs3)o2)ccc1F)c1ccccc1F. The van der Waals surface area contributed by atoms with Crippen LogP contribution >= 0.6 is 11.3 Å². The van der Waals surface area contributed by atoms with E-state index in [1.165, 1.54) is 41.7 Å². The number of hydrogen-bond donors (Lipinski definition) is 1. The highest BCUT2D eigenvalue weighted by atomic mass is 32.1. The van der Waals surface area contributed by atoms with Gasteiger partial charge in [0, 0.05) is 5.56 Å². The molecular formula is C18H10F2N4O2S. The van der Waals surface area contributed by atoms with Gasteiger partial charge in [0.1, 0.15) is 16.5 Å². The predicted molar refractivity (Wildman–Crippen MR) is 95.2 cm³/mol. The Hall–Kier alpha value is -3.46. The number of hydrogen-bond acceptors (Lipinski definition) is 6. The first kappa shape index (κ1) is 17.0. The highest BCUT2D eigenvalue weighted by Gasteiger charge is 2.16. The first-order valence-electron chi connectivity index (χ1n) is 7.70. The van der Waals surface area contributed by atoms with E-state index in [9.17, 15) is 13.6 Å². The van der Waals surface area contributed by atoms with Crippen molar-refractivity contribution in [1.82, 2.24) is 15.2 Å². The van der Waals surface area contributed by atoms with E-state index in [4.69, 9.17) is 4.42 Å². The van der Waals surface area contributed by atoms with Crippen LogP contribution in [0.15, 0.2) is 58.6 Å². The fourth-order valence-electron chi connectivity index (χ4n) is 2.35. The summed E-state index contributed by atoms with van der Waals surface area (Å²) in [5.41, 5.74) is 1.72. The number of halogens is 2. The van der Waals surface area contributed by atoms with Gasteiger partial charge in [-0.15, -0.1) is 21.5 Å². The molecule has 9 heteroatoms. The summed E-state index contributed by atoms with van der Waals surface area (Å²) < 4.78 is 33.4. The van der Waals surface area contributed by atoms with Crippen molar-refractivity contribution < 1.29 is 18.0 Å². The van der Waals surface area contributed by atoms with Crippen molar-refractivity contribution in [2.75, 3.05) is 5.32 Å². The number of amides is 1. The van der Waals surface area contributed by atoms with Crippen LogP contribution in [0, 0.1) is 11.6 Å². The van der Waals surface area contributed by atoms with Crippen molar-refractivity contribution in [3.05, 3.63) is 71.4 Å². The maximum atomic E-state index is 14.1. The average Bonchev–Trinajstić information content (AvgIpc) is 3.35. The minimum absolute atomic E-state index is 0.127. The Morgan fingerprint density at radius 2 is 1.85 bits per heavy atom. The van der Waals surface area contributed by atoms with Crippen molar-refractivity contribution in [2.24, 2.45) is 0 Å². The normalized spacial score (nSPS) is 10.7. The summed E-state index contributed by atoms with van der Waals surface area (Å²) >= 11 is 1.34. The second kappa shape index (κ2) is 7.04. The number of carbonyl (C=O) groups is 1. The van der Waals surface area contributed by atoms with Gasteiger partial charge in [-0.25, -0.2) is 8.78 Å². The maximum Gasteiger partial charge on any atom is 0.259 e. The van der Waals surface area contributed by atoms with Crippen LogP contribution in [0.4, 0.5) is 14.5 Å². The zero-order valence-electron chi connectivity index (χ0n) is 13.5. The quantitative estimate of drug-likeness (QED) is 0.564. The van der Waals surface area contributed by atoms with E-state index in [-0.39, 0.29) is 23.0 Å². The number of benzene rings is 2. The third-order valence-electron chi connectivity index (χ3n) is 3.65. The lowest BCUT2D eigenvalue weighted by Crippen LogP contribution is -2.14. The topological polar surface area (TPSA) is 80.9 Å². The molecule has 0 saturated heterocycles. The third kappa shape index (κ3) is 3.44. The number of nitrogens with zero attached hydrogens (tertiary/aromatic N) is 3. The van der Waals surface area contributed by atoms with Gasteiger partial charge < -0.3 is 9.73 Å². The molecule has 4 rings (SSSR count). The standard InChI is InChI=1S/C18H10F2N4O2S/c19-12-4-2-1-3-11(12)16(25)22-14-7-10(5-6-13(14)20)17-23-24-18(26-17)15-8-21-9-27-15/h1-9H,(H,22,25). The van der Waals surface area contributed by atoms with Crippen molar-refractivity contribution in [3.63, 3.8) is 0 Å². The Morgan fingerprint density at radius 3 is 2.63 bits per heavy atom. The summed E-state index contributed by atoms with van der Waals surface area (Å²) in [4.78, 5) is 16.9. The molecule has 1 N–H and O–H groups in total. The van der Waals surface area contributed by atoms with E-state index < -0.39 is 17.5 Å². The predicted octanol–water partition coefficient (Wildman–Crippen LogP) is 4.39. The van der Waals surface area contributed by atoms with E-state index in [2.05, 4.69) is 20.5 Å². The van der Waals surface area contributed by atoms with Gasteiger partial charge >= 0.3 is 0 Å². The largest absolute Gasteiger partial charge is 0.415 e. The average molecular weight is 384 g/mol. The first-order valence-corrected chi connectivity index (χ1v) is 8.58. The molecule has 0 fully saturated rings. The number of rotatable bonds is 4. The number of carbonyl (C=O) groups excluding carboxylic acids is 1. The number of anilines is 1. The molecule has 0 saturated carbocycles. The van der Waals surface area contributed by atoms with Crippen LogP contribution in [-0.4, -0.2) is 21.1 Å². The van der Waals surface area contributed by atoms with Crippen LogP contribution < -0.4 is 5.32 Å². The zero-order valence-corrected chi connectivity index (χ0v) is 14.3. The minimum atomic E-state index is -0.764. The lowest BCUT2D eigenvalue weighted by molar-refractivity contribution is 0.102. The number of nitrogens with one attached hydrogen (secondary N) is 1. The first-order chi connectivity index (χ1) is 13.1. The van der Waals surface area contributed by atoms with Crippen LogP contribution in [-0.2, 0) is 0 Å². The van der Waals surface area contributed by atoms with E-state index >= 15 is 0 Å². The van der Waals surface area contributed by atoms with Crippen LogP contribution in [0.5, 0.6) is 0 Å². The van der Waals surface area contributed by atoms with Gasteiger partial charge in [0.15, 0.2) is 0 Å². The molecule has 0 aliphatic carbocycles. The molecule has 4 aromatic rings. The monoisotopic (exact) mass is 384 g/mol. The Bertz CT molecular complexity index is 1110. The summed E-state index contributed by atoms with van der Waals surface area (Å²) in [7, 11) is 0. The van der Waals surface area contributed by atoms with E-state index in [1.54, 1.807) is 11.7 Å². The minimum Gasteiger partial charge on any atom is -0.415 e. The van der Waals surface area contributed by atoms with Crippen LogP contribution in [0.2, 0.25) is 0 Å². The molecule has 0 spiro atoms. The Kier molecular flexibility index (Phi) is 4.43. The maximum absolute atomic E-state index is 14.1. The van der Waals surface area contributed by atoms with Crippen LogP contribution in [0.25, 0.3) is 22.2 Å². The molecule has 0 radical (unpaired) electrons. The Balaban J connectivity index is 1.62. The molecule has 2 aromatic carbocycles. The van der Waals surface area contributed by atoms with Gasteiger partial charge in [0.05, 0.1) is 23.0 Å². The highest BCUT2D eigenvalue weighted by molar-refractivity contribution is 7.13. The fourth-order valence-corrected chi connectivity index (χ4v) is 2.89. The summed E-state index contributed by atoms with van der Waals surface area (Å²) in [5.74, 6) is -1.70. The van der Waals surface area contributed by atoms with Crippen molar-refractivity contribution in [1.29, 1.82) is 0 Å². The van der Waals surface area contributed by atoms with E-state index in [1.807, 2.05) is 0 Å². The lowest BCUT2D eigenvalue weighted by Gasteiger charge is -2.08. The Morgan fingerprint density at radius 1 is 1.04 bits per heavy atom. The molecule has 0 unspecified atom stereocenters. The second-order valence-electron chi connectivity index (χ2n) is 5.41. The zero-order chi connectivity index (χ0) is 18.8. The van der Waals surface area contributed by atoms with Gasteiger partial charge in [-0.05, 0) is 30.3 Å². The van der Waals surface area contributed by atoms with Crippen LogP contribution in [0.3, 0.4) is 0 Å². The van der Waals surface area contributed by atoms with Gasteiger partial charge in [-0.3, -0.25) is 9.78 Å². The summed E-state index contributed by atoms with van der Waals surface area (Å²) in [5, 5.41) is 10.2. The summed E-state index contributed by atoms with van der Waals surface area (Å²) in [6.07, 6.45) is 1.59. The fraction of sp³-hybridized carbons (Fsp3) is 0. The molecule has 2 heterocycles. The molecule has 6 nitrogen and oxygen atoms in total. The van der Waals surface area contributed by atoms with Gasteiger partial charge in [0.2, 0.25) is 5.89 Å². The molecule has 0 atom stereocenters. The number of thiazole rings is 1. The third-order valence-corrected chi connectivity index (χ3v) is 4.41. The van der Waals surface area contributed by atoms with Gasteiger partial charge in [-0.2, -0.15) is 0 Å². The molecular weight excluding hydrogens is 374 g/mol. The molecule has 134 valence electrons. The van der Waals surface area contributed by atoms with Gasteiger partial charge in [-0.1, -0.05) is 12.1 Å². The summed E-state index contributed by atoms with van der Waals surface area (Å²) in [6.45, 7) is 0. The van der Waals surface area contributed by atoms with Gasteiger partial charge in [0.25, 0.3) is 11.8 Å². The molecule has 0 bridgehead atoms. The highest BCUT2D eigenvalue weighted by Crippen LogP contribution is 2.28. The lowest BCUT2D eigenvalue weighted by atomic mass is 10.1. The molecule has 2 aromatic heterocycles. The van der Waals surface area contributed by atoms with E-state index in [0.717, 1.165) is 12.1 Å². The second-order valence-corrected chi connectivity index (χ2v) is 6.29. The van der Waals surface area contributed by atoms with E-state index in [0.29, 0.717) is 10.4 Å².